The van der Waals surface area contributed by atoms with Crippen LogP contribution in [0.4, 0.5) is 11.4 Å². The van der Waals surface area contributed by atoms with Gasteiger partial charge in [0.1, 0.15) is 11.5 Å². The molecule has 0 spiro atoms. The molecular weight excluding hydrogens is 542 g/mol. The Morgan fingerprint density at radius 2 is 1.67 bits per heavy atom. The number of nitrogens with one attached hydrogen (secondary N) is 3. The van der Waals surface area contributed by atoms with Gasteiger partial charge in [-0.3, -0.25) is 14.9 Å². The summed E-state index contributed by atoms with van der Waals surface area (Å²) in [5, 5.41) is 8.52. The molecule has 3 aromatic carbocycles. The number of rotatable bonds is 9. The number of carbonyl (C=O) groups is 2. The number of hydrogen-bond acceptors (Lipinski definition) is 5. The van der Waals surface area contributed by atoms with Gasteiger partial charge in [0.25, 0.3) is 11.8 Å². The van der Waals surface area contributed by atoms with Crippen LogP contribution in [-0.2, 0) is 0 Å². The minimum Gasteiger partial charge on any atom is -0.494 e. The number of hydrogen-bond donors (Lipinski definition) is 3. The van der Waals surface area contributed by atoms with Gasteiger partial charge in [-0.1, -0.05) is 26.0 Å². The molecule has 3 aromatic rings. The van der Waals surface area contributed by atoms with Gasteiger partial charge in [0.05, 0.1) is 28.9 Å². The van der Waals surface area contributed by atoms with E-state index in [0.717, 1.165) is 5.75 Å². The molecule has 0 atom stereocenters. The first-order valence-corrected chi connectivity index (χ1v) is 12.6. The van der Waals surface area contributed by atoms with Crippen LogP contribution in [0.2, 0.25) is 0 Å². The van der Waals surface area contributed by atoms with Gasteiger partial charge < -0.3 is 20.1 Å². The monoisotopic (exact) mass is 569 g/mol. The second kappa shape index (κ2) is 13.0. The van der Waals surface area contributed by atoms with Crippen molar-refractivity contribution in [3.63, 3.8) is 0 Å². The van der Waals surface area contributed by atoms with Crippen molar-refractivity contribution in [3.8, 4) is 11.5 Å². The summed E-state index contributed by atoms with van der Waals surface area (Å²) in [5.41, 5.74) is 1.87. The minimum atomic E-state index is -0.389. The molecule has 9 heteroatoms. The van der Waals surface area contributed by atoms with Gasteiger partial charge in [-0.2, -0.15) is 0 Å². The maximum Gasteiger partial charge on any atom is 0.257 e. The fourth-order valence-corrected chi connectivity index (χ4v) is 3.83. The first kappa shape index (κ1) is 27.2. The number of halogens is 1. The van der Waals surface area contributed by atoms with Crippen LogP contribution in [0.3, 0.4) is 0 Å². The molecule has 0 fully saturated rings. The van der Waals surface area contributed by atoms with E-state index in [4.69, 9.17) is 21.7 Å². The summed E-state index contributed by atoms with van der Waals surface area (Å²) < 4.78 is 11.8. The molecule has 0 aliphatic heterocycles. The molecule has 0 aliphatic carbocycles. The SMILES string of the molecule is CCOc1ccc(NC(=O)c2ccccc2NC(=S)NC(=O)c2ccc(OCC(C)C)c(Br)c2)cc1. The van der Waals surface area contributed by atoms with Crippen LogP contribution in [-0.4, -0.2) is 30.1 Å². The molecule has 0 heterocycles. The van der Waals surface area contributed by atoms with E-state index in [1.807, 2.05) is 6.92 Å². The highest BCUT2D eigenvalue weighted by molar-refractivity contribution is 9.10. The molecule has 0 saturated carbocycles. The zero-order valence-electron chi connectivity index (χ0n) is 20.3. The van der Waals surface area contributed by atoms with Crippen molar-refractivity contribution in [3.05, 3.63) is 82.3 Å². The van der Waals surface area contributed by atoms with Crippen LogP contribution in [0.5, 0.6) is 11.5 Å². The molecule has 7 nitrogen and oxygen atoms in total. The lowest BCUT2D eigenvalue weighted by Crippen LogP contribution is -2.34. The van der Waals surface area contributed by atoms with Gasteiger partial charge in [-0.15, -0.1) is 0 Å². The summed E-state index contributed by atoms with van der Waals surface area (Å²) in [6, 6.07) is 19.1. The Balaban J connectivity index is 1.63. The number of anilines is 2. The van der Waals surface area contributed by atoms with Crippen molar-refractivity contribution in [2.45, 2.75) is 20.8 Å². The van der Waals surface area contributed by atoms with Crippen molar-refractivity contribution < 1.29 is 19.1 Å². The van der Waals surface area contributed by atoms with Crippen LogP contribution < -0.4 is 25.4 Å². The Morgan fingerprint density at radius 3 is 2.33 bits per heavy atom. The molecule has 2 amide bonds. The smallest absolute Gasteiger partial charge is 0.257 e. The molecule has 3 N–H and O–H groups in total. The summed E-state index contributed by atoms with van der Waals surface area (Å²) in [6.07, 6.45) is 0. The van der Waals surface area contributed by atoms with E-state index in [-0.39, 0.29) is 16.9 Å². The number of carbonyl (C=O) groups excluding carboxylic acids is 2. The molecule has 0 bridgehead atoms. The Labute approximate surface area is 224 Å². The van der Waals surface area contributed by atoms with Crippen molar-refractivity contribution in [2.24, 2.45) is 5.92 Å². The molecule has 188 valence electrons. The maximum atomic E-state index is 12.9. The largest absolute Gasteiger partial charge is 0.494 e. The topological polar surface area (TPSA) is 88.7 Å². The minimum absolute atomic E-state index is 0.0672. The number of para-hydroxylation sites is 1. The van der Waals surface area contributed by atoms with Gasteiger partial charge in [-0.05, 0) is 95.6 Å². The van der Waals surface area contributed by atoms with Crippen molar-refractivity contribution >= 4 is 56.4 Å². The zero-order chi connectivity index (χ0) is 26.1. The van der Waals surface area contributed by atoms with Crippen LogP contribution in [0.1, 0.15) is 41.5 Å². The highest BCUT2D eigenvalue weighted by atomic mass is 79.9. The van der Waals surface area contributed by atoms with E-state index in [1.165, 1.54) is 0 Å². The summed E-state index contributed by atoms with van der Waals surface area (Å²) in [7, 11) is 0. The summed E-state index contributed by atoms with van der Waals surface area (Å²) in [6.45, 7) is 7.17. The molecule has 0 radical (unpaired) electrons. The third-order valence-corrected chi connectivity index (χ3v) is 5.66. The van der Waals surface area contributed by atoms with E-state index >= 15 is 0 Å². The molecule has 3 rings (SSSR count). The summed E-state index contributed by atoms with van der Waals surface area (Å²) >= 11 is 8.78. The standard InChI is InChI=1S/C27H28BrN3O4S/c1-4-34-20-12-10-19(11-13-20)29-26(33)21-7-5-6-8-23(21)30-27(36)31-25(32)18-9-14-24(22(28)15-18)35-16-17(2)3/h5-15,17H,4,16H2,1-3H3,(H,29,33)(H2,30,31,32,36). The van der Waals surface area contributed by atoms with Crippen LogP contribution >= 0.6 is 28.1 Å². The third kappa shape index (κ3) is 7.79. The number of benzene rings is 3. The average Bonchev–Trinajstić information content (AvgIpc) is 2.84. The third-order valence-electron chi connectivity index (χ3n) is 4.84. The van der Waals surface area contributed by atoms with Gasteiger partial charge >= 0.3 is 0 Å². The van der Waals surface area contributed by atoms with E-state index in [9.17, 15) is 9.59 Å². The number of amides is 2. The van der Waals surface area contributed by atoms with Crippen LogP contribution in [0.15, 0.2) is 71.2 Å². The highest BCUT2D eigenvalue weighted by Crippen LogP contribution is 2.26. The highest BCUT2D eigenvalue weighted by Gasteiger charge is 2.15. The predicted molar refractivity (Wildman–Crippen MR) is 150 cm³/mol. The molecule has 0 unspecified atom stereocenters. The number of thiocarbonyl (C=S) groups is 1. The molecule has 36 heavy (non-hydrogen) atoms. The Hall–Kier alpha value is -3.43. The lowest BCUT2D eigenvalue weighted by molar-refractivity contribution is 0.0976. The van der Waals surface area contributed by atoms with Crippen LogP contribution in [0.25, 0.3) is 0 Å². The first-order valence-electron chi connectivity index (χ1n) is 11.4. The van der Waals surface area contributed by atoms with E-state index in [0.29, 0.717) is 51.9 Å². The van der Waals surface area contributed by atoms with Gasteiger partial charge in [0.2, 0.25) is 0 Å². The van der Waals surface area contributed by atoms with E-state index < -0.39 is 0 Å². The molecule has 0 saturated heterocycles. The van der Waals surface area contributed by atoms with E-state index in [2.05, 4.69) is 45.7 Å². The molecule has 0 aliphatic rings. The second-order valence-electron chi connectivity index (χ2n) is 8.22. The van der Waals surface area contributed by atoms with Crippen molar-refractivity contribution in [1.29, 1.82) is 0 Å². The van der Waals surface area contributed by atoms with Crippen molar-refractivity contribution in [2.75, 3.05) is 23.8 Å². The Morgan fingerprint density at radius 1 is 0.944 bits per heavy atom. The van der Waals surface area contributed by atoms with E-state index in [1.54, 1.807) is 66.7 Å². The Bertz CT molecular complexity index is 1230. The summed E-state index contributed by atoms with van der Waals surface area (Å²) in [5.74, 6) is 1.06. The predicted octanol–water partition coefficient (Wildman–Crippen LogP) is 6.26. The van der Waals surface area contributed by atoms with Crippen molar-refractivity contribution in [1.82, 2.24) is 5.32 Å². The first-order chi connectivity index (χ1) is 17.3. The molecule has 0 aromatic heterocycles. The normalized spacial score (nSPS) is 10.5. The fourth-order valence-electron chi connectivity index (χ4n) is 3.13. The number of ether oxygens (including phenoxy) is 2. The van der Waals surface area contributed by atoms with Crippen LogP contribution in [0, 0.1) is 5.92 Å². The zero-order valence-corrected chi connectivity index (χ0v) is 22.7. The fraction of sp³-hybridized carbons (Fsp3) is 0.222. The maximum absolute atomic E-state index is 12.9. The average molecular weight is 571 g/mol. The Kier molecular flexibility index (Phi) is 9.84. The second-order valence-corrected chi connectivity index (χ2v) is 9.48. The quantitative estimate of drug-likeness (QED) is 0.263. The van der Waals surface area contributed by atoms with Gasteiger partial charge in [0.15, 0.2) is 5.11 Å². The molecular formula is C27H28BrN3O4S. The lowest BCUT2D eigenvalue weighted by atomic mass is 10.1. The summed E-state index contributed by atoms with van der Waals surface area (Å²) in [4.78, 5) is 25.6. The lowest BCUT2D eigenvalue weighted by Gasteiger charge is -2.14. The van der Waals surface area contributed by atoms with Gasteiger partial charge in [-0.25, -0.2) is 0 Å². The van der Waals surface area contributed by atoms with Gasteiger partial charge in [0, 0.05) is 11.3 Å².